The van der Waals surface area contributed by atoms with Crippen LogP contribution in [0.15, 0.2) is 59.5 Å². The van der Waals surface area contributed by atoms with Crippen LogP contribution in [0.3, 0.4) is 0 Å². The maximum atomic E-state index is 13.7. The molecule has 32 heavy (non-hydrogen) atoms. The molecule has 1 amide bonds. The molecule has 0 aliphatic carbocycles. The van der Waals surface area contributed by atoms with Crippen molar-refractivity contribution >= 4 is 11.4 Å². The number of halogens is 1. The van der Waals surface area contributed by atoms with Crippen molar-refractivity contribution in [1.82, 2.24) is 39.7 Å². The highest BCUT2D eigenvalue weighted by Crippen LogP contribution is 2.34. The van der Waals surface area contributed by atoms with Gasteiger partial charge in [0.25, 0.3) is 5.89 Å². The van der Waals surface area contributed by atoms with E-state index in [1.54, 1.807) is 46.2 Å². The number of aromatic nitrogens is 7. The van der Waals surface area contributed by atoms with Crippen molar-refractivity contribution in [3.05, 3.63) is 83.9 Å². The minimum absolute atomic E-state index is 0.149. The summed E-state index contributed by atoms with van der Waals surface area (Å²) in [6.45, 7) is 0.391. The first-order valence-corrected chi connectivity index (χ1v) is 9.90. The van der Waals surface area contributed by atoms with Gasteiger partial charge in [0.2, 0.25) is 0 Å². The molecule has 1 aliphatic heterocycles. The number of amides is 1. The molecule has 6 rings (SSSR count). The van der Waals surface area contributed by atoms with Crippen molar-refractivity contribution in [2.45, 2.75) is 12.5 Å². The van der Waals surface area contributed by atoms with Gasteiger partial charge in [0.05, 0.1) is 23.2 Å². The highest BCUT2D eigenvalue weighted by molar-refractivity contribution is 5.90. The van der Waals surface area contributed by atoms with Gasteiger partial charge in [-0.05, 0) is 30.3 Å². The molecule has 5 aromatic rings. The predicted molar refractivity (Wildman–Crippen MR) is 108 cm³/mol. The largest absolute Gasteiger partial charge is 0.411 e. The van der Waals surface area contributed by atoms with E-state index in [9.17, 15) is 9.18 Å². The van der Waals surface area contributed by atoms with Crippen LogP contribution in [-0.2, 0) is 6.42 Å². The Bertz CT molecular complexity index is 1440. The summed E-state index contributed by atoms with van der Waals surface area (Å²) in [4.78, 5) is 26.7. The molecule has 1 atom stereocenters. The average Bonchev–Trinajstić information content (AvgIpc) is 3.57. The van der Waals surface area contributed by atoms with Crippen LogP contribution in [0.5, 0.6) is 0 Å². The molecule has 6 heterocycles. The molecule has 10 nitrogen and oxygen atoms in total. The number of pyridine rings is 2. The maximum absolute atomic E-state index is 13.7. The molecule has 1 N–H and O–H groups in total. The first-order valence-electron chi connectivity index (χ1n) is 9.90. The zero-order valence-electron chi connectivity index (χ0n) is 16.5. The zero-order chi connectivity index (χ0) is 21.7. The quantitative estimate of drug-likeness (QED) is 0.467. The lowest BCUT2D eigenvalue weighted by Crippen LogP contribution is -2.41. The smallest absolute Gasteiger partial charge is 0.312 e. The summed E-state index contributed by atoms with van der Waals surface area (Å²) in [5.41, 5.74) is 3.21. The Hall–Kier alpha value is -4.41. The number of hydrogen-bond acceptors (Lipinski definition) is 7. The summed E-state index contributed by atoms with van der Waals surface area (Å²) in [6, 6.07) is 9.14. The second-order valence-electron chi connectivity index (χ2n) is 7.33. The first kappa shape index (κ1) is 18.4. The Morgan fingerprint density at radius 2 is 2.12 bits per heavy atom. The monoisotopic (exact) mass is 430 g/mol. The third kappa shape index (κ3) is 2.94. The molecule has 5 aromatic heterocycles. The van der Waals surface area contributed by atoms with E-state index in [-0.39, 0.29) is 17.6 Å². The lowest BCUT2D eigenvalue weighted by molar-refractivity contribution is 0.0646. The Morgan fingerprint density at radius 3 is 3.00 bits per heavy atom. The highest BCUT2D eigenvalue weighted by Gasteiger charge is 2.38. The van der Waals surface area contributed by atoms with Gasteiger partial charge in [-0.2, -0.15) is 5.10 Å². The number of carbonyl (C=O) groups is 1. The topological polar surface area (TPSA) is 118 Å². The van der Waals surface area contributed by atoms with E-state index in [1.165, 1.54) is 18.3 Å². The van der Waals surface area contributed by atoms with Crippen molar-refractivity contribution < 1.29 is 13.6 Å². The number of H-pyrrole nitrogens is 1. The van der Waals surface area contributed by atoms with Crippen LogP contribution in [0, 0.1) is 5.82 Å². The van der Waals surface area contributed by atoms with Gasteiger partial charge < -0.3 is 14.3 Å². The molecular formula is C21H15FN8O2. The van der Waals surface area contributed by atoms with Crippen molar-refractivity contribution in [1.29, 1.82) is 0 Å². The average molecular weight is 430 g/mol. The Kier molecular flexibility index (Phi) is 4.06. The molecule has 0 bridgehead atoms. The van der Waals surface area contributed by atoms with Crippen LogP contribution in [-0.4, -0.2) is 52.1 Å². The fourth-order valence-electron chi connectivity index (χ4n) is 3.94. The van der Waals surface area contributed by atoms with E-state index >= 15 is 0 Å². The Labute approximate surface area is 179 Å². The molecule has 0 fully saturated rings. The van der Waals surface area contributed by atoms with E-state index in [1.807, 2.05) is 0 Å². The minimum atomic E-state index is -0.592. The fraction of sp³-hybridized carbons (Fsp3) is 0.143. The summed E-state index contributed by atoms with van der Waals surface area (Å²) in [5, 5.41) is 12.5. The third-order valence-corrected chi connectivity index (χ3v) is 5.40. The van der Waals surface area contributed by atoms with Crippen molar-refractivity contribution in [3.8, 4) is 11.6 Å². The van der Waals surface area contributed by atoms with E-state index in [0.29, 0.717) is 35.6 Å². The van der Waals surface area contributed by atoms with Crippen LogP contribution in [0.2, 0.25) is 0 Å². The van der Waals surface area contributed by atoms with Crippen LogP contribution >= 0.6 is 0 Å². The van der Waals surface area contributed by atoms with Crippen molar-refractivity contribution in [3.63, 3.8) is 0 Å². The summed E-state index contributed by atoms with van der Waals surface area (Å²) in [7, 11) is 0. The predicted octanol–water partition coefficient (Wildman–Crippen LogP) is 2.43. The molecule has 158 valence electrons. The summed E-state index contributed by atoms with van der Waals surface area (Å²) < 4.78 is 20.9. The number of fused-ring (bicyclic) bond motifs is 2. The number of aromatic amines is 1. The summed E-state index contributed by atoms with van der Waals surface area (Å²) in [6.07, 6.45) is 5.31. The molecule has 0 spiro atoms. The standard InChI is InChI=1S/C21H15FN8O2/c22-12-4-8-30-13(9-12)10-16(28-30)18-17-14(24-11-25-17)5-7-29(18)21(31)20-27-26-19(32-20)15-3-1-2-6-23-15/h1-4,6,8-11,18H,5,7H2,(H,24,25). The Balaban J connectivity index is 1.40. The molecule has 1 unspecified atom stereocenters. The van der Waals surface area contributed by atoms with Gasteiger partial charge in [-0.15, -0.1) is 10.2 Å². The first-order chi connectivity index (χ1) is 15.7. The molecule has 0 saturated heterocycles. The molecule has 11 heteroatoms. The van der Waals surface area contributed by atoms with Crippen molar-refractivity contribution in [2.24, 2.45) is 0 Å². The van der Waals surface area contributed by atoms with E-state index in [2.05, 4.69) is 30.2 Å². The van der Waals surface area contributed by atoms with Crippen LogP contribution in [0.25, 0.3) is 17.1 Å². The summed E-state index contributed by atoms with van der Waals surface area (Å²) in [5.74, 6) is -0.800. The number of nitrogens with zero attached hydrogens (tertiary/aromatic N) is 7. The number of imidazole rings is 1. The van der Waals surface area contributed by atoms with E-state index < -0.39 is 11.9 Å². The summed E-state index contributed by atoms with van der Waals surface area (Å²) >= 11 is 0. The van der Waals surface area contributed by atoms with E-state index in [0.717, 1.165) is 5.69 Å². The highest BCUT2D eigenvalue weighted by atomic mass is 19.1. The van der Waals surface area contributed by atoms with E-state index in [4.69, 9.17) is 4.42 Å². The van der Waals surface area contributed by atoms with Gasteiger partial charge in [0, 0.05) is 31.1 Å². The molecule has 1 aliphatic rings. The van der Waals surface area contributed by atoms with Gasteiger partial charge in [-0.25, -0.2) is 13.9 Å². The number of nitrogens with one attached hydrogen (secondary N) is 1. The third-order valence-electron chi connectivity index (χ3n) is 5.40. The van der Waals surface area contributed by atoms with Gasteiger partial charge in [0.15, 0.2) is 0 Å². The molecule has 0 saturated carbocycles. The number of rotatable bonds is 3. The SMILES string of the molecule is O=C(c1nnc(-c2ccccn2)o1)N1CCc2[nH]cnc2C1c1cc2cc(F)ccn2n1. The maximum Gasteiger partial charge on any atom is 0.312 e. The second kappa shape index (κ2) is 7.08. The number of hydrogen-bond donors (Lipinski definition) is 1. The lowest BCUT2D eigenvalue weighted by atomic mass is 9.99. The van der Waals surface area contributed by atoms with Gasteiger partial charge >= 0.3 is 11.8 Å². The minimum Gasteiger partial charge on any atom is -0.411 e. The fourth-order valence-corrected chi connectivity index (χ4v) is 3.94. The Morgan fingerprint density at radius 1 is 1.19 bits per heavy atom. The zero-order valence-corrected chi connectivity index (χ0v) is 16.5. The van der Waals surface area contributed by atoms with Gasteiger partial charge in [-0.3, -0.25) is 9.78 Å². The van der Waals surface area contributed by atoms with Crippen LogP contribution in [0.4, 0.5) is 4.39 Å². The van der Waals surface area contributed by atoms with Crippen LogP contribution < -0.4 is 0 Å². The second-order valence-corrected chi connectivity index (χ2v) is 7.33. The van der Waals surface area contributed by atoms with Crippen molar-refractivity contribution in [2.75, 3.05) is 6.54 Å². The van der Waals surface area contributed by atoms with Gasteiger partial charge in [0.1, 0.15) is 17.6 Å². The molecule has 0 radical (unpaired) electrons. The molecular weight excluding hydrogens is 415 g/mol. The van der Waals surface area contributed by atoms with Crippen LogP contribution in [0.1, 0.15) is 33.8 Å². The molecule has 0 aromatic carbocycles. The number of carbonyl (C=O) groups excluding carboxylic acids is 1. The van der Waals surface area contributed by atoms with Gasteiger partial charge in [-0.1, -0.05) is 6.07 Å². The normalized spacial score (nSPS) is 15.8. The lowest BCUT2D eigenvalue weighted by Gasteiger charge is -2.32.